The minimum absolute atomic E-state index is 0.759. The van der Waals surface area contributed by atoms with Crippen molar-refractivity contribution in [1.82, 2.24) is 15.5 Å². The molecule has 1 N–H and O–H groups in total. The maximum absolute atomic E-state index is 5.41. The molecule has 0 radical (unpaired) electrons. The van der Waals surface area contributed by atoms with E-state index >= 15 is 0 Å². The minimum Gasteiger partial charge on any atom is -0.461 e. The van der Waals surface area contributed by atoms with Gasteiger partial charge in [-0.2, -0.15) is 0 Å². The van der Waals surface area contributed by atoms with Crippen molar-refractivity contribution in [2.75, 3.05) is 6.54 Å². The van der Waals surface area contributed by atoms with Crippen molar-refractivity contribution < 1.29 is 4.42 Å². The highest BCUT2D eigenvalue weighted by atomic mass is 32.1. The van der Waals surface area contributed by atoms with Crippen molar-refractivity contribution in [3.05, 3.63) is 22.9 Å². The fraction of sp³-hybridized carbons (Fsp3) is 0.500. The van der Waals surface area contributed by atoms with Crippen LogP contribution in [0.2, 0.25) is 0 Å². The Morgan fingerprint density at radius 3 is 3.06 bits per heavy atom. The van der Waals surface area contributed by atoms with Gasteiger partial charge in [0.15, 0.2) is 10.8 Å². The van der Waals surface area contributed by atoms with Crippen molar-refractivity contribution in [2.45, 2.75) is 32.2 Å². The smallest absolute Gasteiger partial charge is 0.183 e. The number of aryl methyl sites for hydroxylation is 1. The predicted molar refractivity (Wildman–Crippen MR) is 67.1 cm³/mol. The van der Waals surface area contributed by atoms with Crippen molar-refractivity contribution in [2.24, 2.45) is 0 Å². The van der Waals surface area contributed by atoms with Gasteiger partial charge in [0, 0.05) is 19.0 Å². The third kappa shape index (κ3) is 2.56. The molecule has 4 nitrogen and oxygen atoms in total. The van der Waals surface area contributed by atoms with Crippen LogP contribution in [0.15, 0.2) is 16.7 Å². The van der Waals surface area contributed by atoms with E-state index in [9.17, 15) is 0 Å². The zero-order valence-corrected chi connectivity index (χ0v) is 10.6. The molecule has 3 rings (SSSR count). The van der Waals surface area contributed by atoms with Gasteiger partial charge in [-0.05, 0) is 31.4 Å². The molecule has 1 saturated carbocycles. The zero-order chi connectivity index (χ0) is 11.7. The van der Waals surface area contributed by atoms with Gasteiger partial charge >= 0.3 is 0 Å². The number of hydrogen-bond donors (Lipinski definition) is 1. The van der Waals surface area contributed by atoms with Gasteiger partial charge in [-0.15, -0.1) is 10.2 Å². The first-order valence-corrected chi connectivity index (χ1v) is 6.75. The maximum atomic E-state index is 5.41. The van der Waals surface area contributed by atoms with Crippen LogP contribution in [0.5, 0.6) is 0 Å². The summed E-state index contributed by atoms with van der Waals surface area (Å²) in [7, 11) is 0. The average Bonchev–Trinajstić information content (AvgIpc) is 2.85. The first kappa shape index (κ1) is 10.9. The molecular formula is C12H15N3OS. The second-order valence-electron chi connectivity index (χ2n) is 4.41. The van der Waals surface area contributed by atoms with E-state index in [1.54, 1.807) is 17.6 Å². The van der Waals surface area contributed by atoms with E-state index in [0.29, 0.717) is 0 Å². The SMILES string of the molecule is Cc1ccoc1-c1nnc(CCNC2CC2)s1. The third-order valence-corrected chi connectivity index (χ3v) is 3.85. The number of aromatic nitrogens is 2. The normalized spacial score (nSPS) is 15.4. The Hall–Kier alpha value is -1.20. The maximum Gasteiger partial charge on any atom is 0.183 e. The van der Waals surface area contributed by atoms with Gasteiger partial charge in [0.1, 0.15) is 5.01 Å². The molecule has 0 aromatic carbocycles. The fourth-order valence-electron chi connectivity index (χ4n) is 1.71. The topological polar surface area (TPSA) is 51.0 Å². The molecule has 0 unspecified atom stereocenters. The highest BCUT2D eigenvalue weighted by molar-refractivity contribution is 7.14. The van der Waals surface area contributed by atoms with Crippen molar-refractivity contribution >= 4 is 11.3 Å². The molecule has 0 spiro atoms. The van der Waals surface area contributed by atoms with E-state index in [-0.39, 0.29) is 0 Å². The monoisotopic (exact) mass is 249 g/mol. The number of nitrogens with zero attached hydrogens (tertiary/aromatic N) is 2. The van der Waals surface area contributed by atoms with Crippen molar-refractivity contribution in [3.8, 4) is 10.8 Å². The number of rotatable bonds is 5. The average molecular weight is 249 g/mol. The van der Waals surface area contributed by atoms with Gasteiger partial charge in [-0.1, -0.05) is 11.3 Å². The largest absolute Gasteiger partial charge is 0.461 e. The van der Waals surface area contributed by atoms with Crippen LogP contribution in [0, 0.1) is 6.92 Å². The standard InChI is InChI=1S/C12H15N3OS/c1-8-5-7-16-11(8)12-15-14-10(17-12)4-6-13-9-2-3-9/h5,7,9,13H,2-4,6H2,1H3. The van der Waals surface area contributed by atoms with Crippen molar-refractivity contribution in [1.29, 1.82) is 0 Å². The lowest BCUT2D eigenvalue weighted by molar-refractivity contribution is 0.579. The molecule has 2 heterocycles. The summed E-state index contributed by atoms with van der Waals surface area (Å²) in [4.78, 5) is 0. The number of furan rings is 1. The second-order valence-corrected chi connectivity index (χ2v) is 5.47. The number of hydrogen-bond acceptors (Lipinski definition) is 5. The van der Waals surface area contributed by atoms with E-state index in [1.165, 1.54) is 12.8 Å². The molecule has 1 aliphatic rings. The van der Waals surface area contributed by atoms with Crippen LogP contribution in [0.3, 0.4) is 0 Å². The van der Waals surface area contributed by atoms with Gasteiger partial charge in [0.05, 0.1) is 6.26 Å². The first-order chi connectivity index (χ1) is 8.33. The summed E-state index contributed by atoms with van der Waals surface area (Å²) in [6.07, 6.45) is 5.30. The molecule has 5 heteroatoms. The zero-order valence-electron chi connectivity index (χ0n) is 9.77. The van der Waals surface area contributed by atoms with Crippen molar-refractivity contribution in [3.63, 3.8) is 0 Å². The van der Waals surface area contributed by atoms with Crippen LogP contribution in [-0.4, -0.2) is 22.8 Å². The van der Waals surface area contributed by atoms with Crippen LogP contribution in [-0.2, 0) is 6.42 Å². The molecule has 0 atom stereocenters. The summed E-state index contributed by atoms with van der Waals surface area (Å²) in [5.41, 5.74) is 1.11. The van der Waals surface area contributed by atoms with E-state index in [1.807, 2.05) is 13.0 Å². The quantitative estimate of drug-likeness (QED) is 0.884. The Morgan fingerprint density at radius 2 is 2.35 bits per heavy atom. The first-order valence-electron chi connectivity index (χ1n) is 5.93. The summed E-state index contributed by atoms with van der Waals surface area (Å²) < 4.78 is 5.41. The lowest BCUT2D eigenvalue weighted by atomic mass is 10.3. The summed E-state index contributed by atoms with van der Waals surface area (Å²) in [5.74, 6) is 0.851. The molecule has 0 aliphatic heterocycles. The Morgan fingerprint density at radius 1 is 1.47 bits per heavy atom. The molecule has 0 saturated heterocycles. The molecular weight excluding hydrogens is 234 g/mol. The van der Waals surface area contributed by atoms with Gasteiger partial charge in [0.2, 0.25) is 0 Å². The molecule has 1 aliphatic carbocycles. The van der Waals surface area contributed by atoms with Gasteiger partial charge in [-0.3, -0.25) is 0 Å². The van der Waals surface area contributed by atoms with E-state index in [2.05, 4.69) is 15.5 Å². The number of nitrogens with one attached hydrogen (secondary N) is 1. The summed E-state index contributed by atoms with van der Waals surface area (Å²) in [6.45, 7) is 3.02. The lowest BCUT2D eigenvalue weighted by Gasteiger charge is -1.97. The molecule has 0 bridgehead atoms. The van der Waals surface area contributed by atoms with E-state index in [0.717, 1.165) is 40.3 Å². The summed E-state index contributed by atoms with van der Waals surface area (Å²) in [6, 6.07) is 2.71. The molecule has 17 heavy (non-hydrogen) atoms. The Balaban J connectivity index is 1.63. The van der Waals surface area contributed by atoms with Crippen LogP contribution >= 0.6 is 11.3 Å². The third-order valence-electron chi connectivity index (χ3n) is 2.87. The molecule has 2 aromatic rings. The Labute approximate surface area is 104 Å². The fourth-order valence-corrected chi connectivity index (χ4v) is 2.60. The molecule has 0 amide bonds. The van der Waals surface area contributed by atoms with Crippen LogP contribution in [0.1, 0.15) is 23.4 Å². The Kier molecular flexibility index (Phi) is 2.94. The Bertz CT molecular complexity index is 501. The summed E-state index contributed by atoms with van der Waals surface area (Å²) >= 11 is 1.62. The molecule has 2 aromatic heterocycles. The van der Waals surface area contributed by atoms with E-state index < -0.39 is 0 Å². The van der Waals surface area contributed by atoms with E-state index in [4.69, 9.17) is 4.42 Å². The second kappa shape index (κ2) is 4.58. The molecule has 90 valence electrons. The lowest BCUT2D eigenvalue weighted by Crippen LogP contribution is -2.19. The van der Waals surface area contributed by atoms with Gasteiger partial charge in [0.25, 0.3) is 0 Å². The highest BCUT2D eigenvalue weighted by Crippen LogP contribution is 2.27. The van der Waals surface area contributed by atoms with Gasteiger partial charge < -0.3 is 9.73 Å². The van der Waals surface area contributed by atoms with Gasteiger partial charge in [-0.25, -0.2) is 0 Å². The highest BCUT2D eigenvalue weighted by Gasteiger charge is 2.20. The summed E-state index contributed by atoms with van der Waals surface area (Å²) in [5, 5.41) is 13.8. The minimum atomic E-state index is 0.759. The molecule has 1 fully saturated rings. The van der Waals surface area contributed by atoms with Crippen LogP contribution < -0.4 is 5.32 Å². The van der Waals surface area contributed by atoms with Crippen LogP contribution in [0.4, 0.5) is 0 Å². The van der Waals surface area contributed by atoms with Crippen LogP contribution in [0.25, 0.3) is 10.8 Å². The predicted octanol–water partition coefficient (Wildman–Crippen LogP) is 2.40.